The van der Waals surface area contributed by atoms with Crippen LogP contribution < -0.4 is 10.5 Å². The molecule has 0 amide bonds. The molecule has 0 saturated carbocycles. The van der Waals surface area contributed by atoms with Crippen molar-refractivity contribution in [2.75, 3.05) is 7.11 Å². The van der Waals surface area contributed by atoms with Gasteiger partial charge in [0.2, 0.25) is 0 Å². The van der Waals surface area contributed by atoms with Gasteiger partial charge in [-0.2, -0.15) is 0 Å². The zero-order valence-electron chi connectivity index (χ0n) is 10.2. The van der Waals surface area contributed by atoms with E-state index >= 15 is 0 Å². The predicted molar refractivity (Wildman–Crippen MR) is 67.3 cm³/mol. The summed E-state index contributed by atoms with van der Waals surface area (Å²) in [4.78, 5) is 0. The molecule has 1 aromatic rings. The summed E-state index contributed by atoms with van der Waals surface area (Å²) in [6.07, 6.45) is 1.72. The van der Waals surface area contributed by atoms with Crippen molar-refractivity contribution in [1.82, 2.24) is 0 Å². The number of aryl methyl sites for hydroxylation is 1. The molecule has 0 fully saturated rings. The molecule has 0 saturated heterocycles. The van der Waals surface area contributed by atoms with Gasteiger partial charge in [-0.1, -0.05) is 12.1 Å². The maximum atomic E-state index is 6.09. The van der Waals surface area contributed by atoms with Crippen LogP contribution in [-0.2, 0) is 0 Å². The van der Waals surface area contributed by atoms with Gasteiger partial charge in [-0.15, -0.1) is 11.8 Å². The molecule has 2 nitrogen and oxygen atoms in total. The van der Waals surface area contributed by atoms with Crippen LogP contribution in [0, 0.1) is 18.8 Å². The molecule has 1 aromatic carbocycles. The zero-order chi connectivity index (χ0) is 12.0. The first-order valence-electron chi connectivity index (χ1n) is 5.48. The third kappa shape index (κ3) is 3.29. The monoisotopic (exact) mass is 217 g/mol. The maximum absolute atomic E-state index is 6.09. The molecule has 86 valence electrons. The third-order valence-electron chi connectivity index (χ3n) is 2.62. The highest BCUT2D eigenvalue weighted by Gasteiger charge is 2.07. The van der Waals surface area contributed by atoms with E-state index in [0.717, 1.165) is 29.7 Å². The van der Waals surface area contributed by atoms with Gasteiger partial charge in [0.15, 0.2) is 0 Å². The number of methoxy groups -OCH3 is 1. The Bertz CT molecular complexity index is 401. The molecule has 2 heteroatoms. The molecule has 0 aliphatic heterocycles. The van der Waals surface area contributed by atoms with Gasteiger partial charge in [0.25, 0.3) is 0 Å². The van der Waals surface area contributed by atoms with Crippen LogP contribution in [-0.4, -0.2) is 7.11 Å². The van der Waals surface area contributed by atoms with Crippen molar-refractivity contribution in [3.8, 4) is 17.6 Å². The molecule has 0 aromatic heterocycles. The molecule has 1 atom stereocenters. The molecule has 0 bridgehead atoms. The van der Waals surface area contributed by atoms with E-state index < -0.39 is 0 Å². The van der Waals surface area contributed by atoms with Crippen LogP contribution in [0.25, 0.3) is 0 Å². The van der Waals surface area contributed by atoms with Gasteiger partial charge >= 0.3 is 0 Å². The minimum Gasteiger partial charge on any atom is -0.496 e. The van der Waals surface area contributed by atoms with Crippen LogP contribution in [0.2, 0.25) is 0 Å². The SMILES string of the molecule is CC#CCCC(N)c1ccc(C)c(OC)c1. The van der Waals surface area contributed by atoms with Gasteiger partial charge in [-0.3, -0.25) is 0 Å². The van der Waals surface area contributed by atoms with Gasteiger partial charge in [0.1, 0.15) is 5.75 Å². The fourth-order valence-corrected chi connectivity index (χ4v) is 1.59. The van der Waals surface area contributed by atoms with Crippen molar-refractivity contribution >= 4 is 0 Å². The van der Waals surface area contributed by atoms with Gasteiger partial charge < -0.3 is 10.5 Å². The lowest BCUT2D eigenvalue weighted by molar-refractivity contribution is 0.410. The summed E-state index contributed by atoms with van der Waals surface area (Å²) in [5.74, 6) is 6.80. The van der Waals surface area contributed by atoms with Crippen LogP contribution in [0.15, 0.2) is 18.2 Å². The topological polar surface area (TPSA) is 35.2 Å². The highest BCUT2D eigenvalue weighted by Crippen LogP contribution is 2.24. The van der Waals surface area contributed by atoms with E-state index in [1.165, 1.54) is 0 Å². The second-order valence-electron chi connectivity index (χ2n) is 3.80. The molecule has 0 radical (unpaired) electrons. The van der Waals surface area contributed by atoms with Gasteiger partial charge in [0, 0.05) is 12.5 Å². The Labute approximate surface area is 97.8 Å². The first-order chi connectivity index (χ1) is 7.69. The van der Waals surface area contributed by atoms with Crippen LogP contribution in [0.3, 0.4) is 0 Å². The maximum Gasteiger partial charge on any atom is 0.122 e. The molecule has 0 aliphatic carbocycles. The lowest BCUT2D eigenvalue weighted by Crippen LogP contribution is -2.10. The summed E-state index contributed by atoms with van der Waals surface area (Å²) in [6.45, 7) is 3.87. The Hall–Kier alpha value is -1.46. The van der Waals surface area contributed by atoms with E-state index in [9.17, 15) is 0 Å². The Morgan fingerprint density at radius 2 is 2.19 bits per heavy atom. The first-order valence-corrected chi connectivity index (χ1v) is 5.48. The summed E-state index contributed by atoms with van der Waals surface area (Å²) < 4.78 is 5.28. The summed E-state index contributed by atoms with van der Waals surface area (Å²) in [5, 5.41) is 0. The van der Waals surface area contributed by atoms with E-state index in [4.69, 9.17) is 10.5 Å². The second-order valence-corrected chi connectivity index (χ2v) is 3.80. The average molecular weight is 217 g/mol. The average Bonchev–Trinajstić information content (AvgIpc) is 2.30. The van der Waals surface area contributed by atoms with E-state index in [2.05, 4.69) is 17.9 Å². The summed E-state index contributed by atoms with van der Waals surface area (Å²) >= 11 is 0. The van der Waals surface area contributed by atoms with Crippen molar-refractivity contribution in [2.24, 2.45) is 5.73 Å². The highest BCUT2D eigenvalue weighted by atomic mass is 16.5. The Morgan fingerprint density at radius 1 is 1.44 bits per heavy atom. The minimum atomic E-state index is 0.0374. The highest BCUT2D eigenvalue weighted by molar-refractivity contribution is 5.37. The Morgan fingerprint density at radius 3 is 2.81 bits per heavy atom. The zero-order valence-corrected chi connectivity index (χ0v) is 10.2. The molecular weight excluding hydrogens is 198 g/mol. The van der Waals surface area contributed by atoms with Crippen LogP contribution in [0.1, 0.15) is 36.9 Å². The van der Waals surface area contributed by atoms with Crippen molar-refractivity contribution < 1.29 is 4.74 Å². The number of hydrogen-bond donors (Lipinski definition) is 1. The number of rotatable bonds is 4. The van der Waals surface area contributed by atoms with Crippen molar-refractivity contribution in [3.05, 3.63) is 29.3 Å². The smallest absolute Gasteiger partial charge is 0.122 e. The molecule has 16 heavy (non-hydrogen) atoms. The fourth-order valence-electron chi connectivity index (χ4n) is 1.59. The number of ether oxygens (including phenoxy) is 1. The molecule has 1 unspecified atom stereocenters. The van der Waals surface area contributed by atoms with Gasteiger partial charge in [-0.25, -0.2) is 0 Å². The molecule has 0 heterocycles. The lowest BCUT2D eigenvalue weighted by Gasteiger charge is -2.13. The van der Waals surface area contributed by atoms with Gasteiger partial charge in [-0.05, 0) is 37.5 Å². The first kappa shape index (κ1) is 12.6. The lowest BCUT2D eigenvalue weighted by atomic mass is 10.0. The molecule has 2 N–H and O–H groups in total. The number of nitrogens with two attached hydrogens (primary N) is 1. The Kier molecular flexibility index (Phi) is 4.88. The standard InChI is InChI=1S/C14H19NO/c1-4-5-6-7-13(15)12-9-8-11(2)14(10-12)16-3/h8-10,13H,6-7,15H2,1-3H3. The molecule has 0 spiro atoms. The summed E-state index contributed by atoms with van der Waals surface area (Å²) in [6, 6.07) is 6.15. The number of benzene rings is 1. The Balaban J connectivity index is 2.74. The van der Waals surface area contributed by atoms with E-state index in [1.807, 2.05) is 26.0 Å². The van der Waals surface area contributed by atoms with E-state index in [0.29, 0.717) is 0 Å². The quantitative estimate of drug-likeness (QED) is 0.787. The molecular formula is C14H19NO. The normalized spacial score (nSPS) is 11.5. The van der Waals surface area contributed by atoms with Crippen molar-refractivity contribution in [2.45, 2.75) is 32.7 Å². The van der Waals surface area contributed by atoms with Crippen LogP contribution in [0.4, 0.5) is 0 Å². The van der Waals surface area contributed by atoms with Crippen molar-refractivity contribution in [3.63, 3.8) is 0 Å². The van der Waals surface area contributed by atoms with Crippen molar-refractivity contribution in [1.29, 1.82) is 0 Å². The van der Waals surface area contributed by atoms with Gasteiger partial charge in [0.05, 0.1) is 7.11 Å². The van der Waals surface area contributed by atoms with E-state index in [1.54, 1.807) is 7.11 Å². The molecule has 0 aliphatic rings. The summed E-state index contributed by atoms with van der Waals surface area (Å²) in [7, 11) is 1.68. The predicted octanol–water partition coefficient (Wildman–Crippen LogP) is 2.81. The fraction of sp³-hybridized carbons (Fsp3) is 0.429. The van der Waals surface area contributed by atoms with E-state index in [-0.39, 0.29) is 6.04 Å². The number of hydrogen-bond acceptors (Lipinski definition) is 2. The summed E-state index contributed by atoms with van der Waals surface area (Å²) in [5.41, 5.74) is 8.33. The minimum absolute atomic E-state index is 0.0374. The largest absolute Gasteiger partial charge is 0.496 e. The third-order valence-corrected chi connectivity index (χ3v) is 2.62. The molecule has 1 rings (SSSR count). The van der Waals surface area contributed by atoms with Crippen LogP contribution in [0.5, 0.6) is 5.75 Å². The van der Waals surface area contributed by atoms with Crippen LogP contribution >= 0.6 is 0 Å². The second kappa shape index (κ2) is 6.19.